The van der Waals surface area contributed by atoms with Crippen LogP contribution in [0.15, 0.2) is 35.4 Å². The molecule has 88 valence electrons. The lowest BCUT2D eigenvalue weighted by atomic mass is 10.0. The summed E-state index contributed by atoms with van der Waals surface area (Å²) in [5.41, 5.74) is -0.530. The molecular formula is C13H14N2O2. The minimum Gasteiger partial charge on any atom is -0.368 e. The quantitative estimate of drug-likeness (QED) is 0.797. The maximum Gasteiger partial charge on any atom is 0.276 e. The van der Waals surface area contributed by atoms with E-state index in [1.165, 1.54) is 5.01 Å². The number of aliphatic hydroxyl groups is 1. The minimum absolute atomic E-state index is 0.00448. The van der Waals surface area contributed by atoms with E-state index in [9.17, 15) is 9.90 Å². The third-order valence-electron chi connectivity index (χ3n) is 3.60. The number of hydrogen-bond acceptors (Lipinski definition) is 3. The Morgan fingerprint density at radius 1 is 1.41 bits per heavy atom. The van der Waals surface area contributed by atoms with Gasteiger partial charge in [-0.1, -0.05) is 18.2 Å². The third-order valence-corrected chi connectivity index (χ3v) is 3.60. The van der Waals surface area contributed by atoms with Gasteiger partial charge in [0.2, 0.25) is 0 Å². The summed E-state index contributed by atoms with van der Waals surface area (Å²) in [6.45, 7) is 0. The molecule has 1 saturated carbocycles. The Kier molecular flexibility index (Phi) is 2.26. The zero-order valence-electron chi connectivity index (χ0n) is 9.41. The first kappa shape index (κ1) is 10.5. The molecule has 2 aliphatic rings. The molecule has 0 aromatic heterocycles. The first-order chi connectivity index (χ1) is 8.22. The van der Waals surface area contributed by atoms with Crippen LogP contribution < -0.4 is 0 Å². The molecule has 3 rings (SSSR count). The fourth-order valence-corrected chi connectivity index (χ4v) is 2.63. The van der Waals surface area contributed by atoms with Crippen LogP contribution in [0.2, 0.25) is 0 Å². The molecule has 1 aliphatic carbocycles. The lowest BCUT2D eigenvalue weighted by Crippen LogP contribution is -2.47. The summed E-state index contributed by atoms with van der Waals surface area (Å²) < 4.78 is 0. The number of carbonyl (C=O) groups excluding carboxylic acids is 1. The van der Waals surface area contributed by atoms with Gasteiger partial charge in [0, 0.05) is 17.7 Å². The average molecular weight is 230 g/mol. The van der Waals surface area contributed by atoms with Crippen molar-refractivity contribution in [3.8, 4) is 0 Å². The smallest absolute Gasteiger partial charge is 0.276 e. The Morgan fingerprint density at radius 3 is 2.94 bits per heavy atom. The van der Waals surface area contributed by atoms with Crippen molar-refractivity contribution >= 4 is 12.1 Å². The molecule has 4 nitrogen and oxygen atoms in total. The molecule has 2 unspecified atom stereocenters. The summed E-state index contributed by atoms with van der Waals surface area (Å²) in [6.07, 6.45) is 4.15. The molecule has 1 fully saturated rings. The van der Waals surface area contributed by atoms with Crippen molar-refractivity contribution in [3.63, 3.8) is 0 Å². The Labute approximate surface area is 99.6 Å². The summed E-state index contributed by atoms with van der Waals surface area (Å²) in [5.74, 6) is -0.232. The number of fused-ring (bicyclic) bond motifs is 1. The van der Waals surface area contributed by atoms with Crippen LogP contribution in [0.25, 0.3) is 0 Å². The first-order valence-corrected chi connectivity index (χ1v) is 5.88. The van der Waals surface area contributed by atoms with E-state index in [0.29, 0.717) is 12.0 Å². The van der Waals surface area contributed by atoms with E-state index < -0.39 is 5.72 Å². The van der Waals surface area contributed by atoms with Crippen LogP contribution in [0.5, 0.6) is 0 Å². The maximum absolute atomic E-state index is 12.2. The van der Waals surface area contributed by atoms with E-state index in [2.05, 4.69) is 5.10 Å². The van der Waals surface area contributed by atoms with E-state index in [1.54, 1.807) is 18.3 Å². The predicted octanol–water partition coefficient (Wildman–Crippen LogP) is 1.62. The second-order valence-corrected chi connectivity index (χ2v) is 4.62. The van der Waals surface area contributed by atoms with Gasteiger partial charge in [0.1, 0.15) is 0 Å². The molecule has 0 bridgehead atoms. The number of benzene rings is 1. The normalized spacial score (nSPS) is 30.6. The van der Waals surface area contributed by atoms with Crippen LogP contribution in [-0.2, 0) is 0 Å². The number of carbonyl (C=O) groups is 1. The van der Waals surface area contributed by atoms with Gasteiger partial charge in [-0.25, -0.2) is 0 Å². The highest BCUT2D eigenvalue weighted by Gasteiger charge is 2.51. The molecule has 4 heteroatoms. The van der Waals surface area contributed by atoms with Crippen molar-refractivity contribution in [2.24, 2.45) is 11.0 Å². The second kappa shape index (κ2) is 3.67. The standard InChI is InChI=1S/C13H14N2O2/c16-12(10-5-2-1-3-6-10)15-13(17)8-4-7-11(13)9-14-15/h1-3,5-6,9,11,17H,4,7-8H2. The molecule has 0 saturated heterocycles. The summed E-state index contributed by atoms with van der Waals surface area (Å²) in [6, 6.07) is 8.95. The number of hydrogen-bond donors (Lipinski definition) is 1. The van der Waals surface area contributed by atoms with Crippen molar-refractivity contribution in [3.05, 3.63) is 35.9 Å². The summed E-state index contributed by atoms with van der Waals surface area (Å²) in [4.78, 5) is 12.2. The van der Waals surface area contributed by atoms with Crippen LogP contribution in [0, 0.1) is 5.92 Å². The second-order valence-electron chi connectivity index (χ2n) is 4.62. The van der Waals surface area contributed by atoms with Crippen LogP contribution >= 0.6 is 0 Å². The number of amides is 1. The number of nitrogens with zero attached hydrogens (tertiary/aromatic N) is 2. The van der Waals surface area contributed by atoms with E-state index in [1.807, 2.05) is 18.2 Å². The van der Waals surface area contributed by atoms with Crippen molar-refractivity contribution in [1.82, 2.24) is 5.01 Å². The average Bonchev–Trinajstić information content (AvgIpc) is 2.85. The molecule has 0 radical (unpaired) electrons. The van der Waals surface area contributed by atoms with Crippen molar-refractivity contribution in [1.29, 1.82) is 0 Å². The van der Waals surface area contributed by atoms with Crippen molar-refractivity contribution < 1.29 is 9.90 Å². The molecule has 1 amide bonds. The molecule has 1 heterocycles. The van der Waals surface area contributed by atoms with Gasteiger partial charge in [0.25, 0.3) is 5.91 Å². The van der Waals surface area contributed by atoms with Crippen LogP contribution in [0.3, 0.4) is 0 Å². The first-order valence-electron chi connectivity index (χ1n) is 5.88. The van der Waals surface area contributed by atoms with Gasteiger partial charge >= 0.3 is 0 Å². The molecule has 1 aliphatic heterocycles. The predicted molar refractivity (Wildman–Crippen MR) is 63.4 cm³/mol. The van der Waals surface area contributed by atoms with Gasteiger partial charge in [0.15, 0.2) is 5.72 Å². The van der Waals surface area contributed by atoms with Gasteiger partial charge in [-0.2, -0.15) is 10.1 Å². The van der Waals surface area contributed by atoms with Gasteiger partial charge < -0.3 is 5.11 Å². The Balaban J connectivity index is 1.91. The van der Waals surface area contributed by atoms with E-state index >= 15 is 0 Å². The van der Waals surface area contributed by atoms with Crippen molar-refractivity contribution in [2.45, 2.75) is 25.0 Å². The van der Waals surface area contributed by atoms with Gasteiger partial charge in [-0.15, -0.1) is 0 Å². The monoisotopic (exact) mass is 230 g/mol. The minimum atomic E-state index is -1.09. The molecule has 1 N–H and O–H groups in total. The van der Waals surface area contributed by atoms with Crippen LogP contribution in [0.1, 0.15) is 29.6 Å². The molecular weight excluding hydrogens is 216 g/mol. The number of rotatable bonds is 1. The van der Waals surface area contributed by atoms with E-state index in [-0.39, 0.29) is 11.8 Å². The zero-order chi connectivity index (χ0) is 11.9. The fraction of sp³-hybridized carbons (Fsp3) is 0.385. The van der Waals surface area contributed by atoms with E-state index in [0.717, 1.165) is 12.8 Å². The summed E-state index contributed by atoms with van der Waals surface area (Å²) in [7, 11) is 0. The summed E-state index contributed by atoms with van der Waals surface area (Å²) in [5, 5.41) is 15.8. The Bertz CT molecular complexity index is 472. The third kappa shape index (κ3) is 1.48. The fourth-order valence-electron chi connectivity index (χ4n) is 2.63. The highest BCUT2D eigenvalue weighted by molar-refractivity contribution is 5.95. The Morgan fingerprint density at radius 2 is 2.18 bits per heavy atom. The van der Waals surface area contributed by atoms with Crippen LogP contribution in [0.4, 0.5) is 0 Å². The summed E-state index contributed by atoms with van der Waals surface area (Å²) >= 11 is 0. The van der Waals surface area contributed by atoms with Gasteiger partial charge in [-0.3, -0.25) is 4.79 Å². The largest absolute Gasteiger partial charge is 0.368 e. The van der Waals surface area contributed by atoms with Gasteiger partial charge in [0.05, 0.1) is 0 Å². The molecule has 0 spiro atoms. The lowest BCUT2D eigenvalue weighted by molar-refractivity contribution is -0.0841. The maximum atomic E-state index is 12.2. The highest BCUT2D eigenvalue weighted by Crippen LogP contribution is 2.41. The molecule has 17 heavy (non-hydrogen) atoms. The lowest BCUT2D eigenvalue weighted by Gasteiger charge is -2.30. The molecule has 2 atom stereocenters. The van der Waals surface area contributed by atoms with Crippen molar-refractivity contribution in [2.75, 3.05) is 0 Å². The number of hydrazone groups is 1. The topological polar surface area (TPSA) is 52.9 Å². The SMILES string of the molecule is O=C(c1ccccc1)N1N=CC2CCCC21O. The molecule has 1 aromatic rings. The zero-order valence-corrected chi connectivity index (χ0v) is 9.41. The highest BCUT2D eigenvalue weighted by atomic mass is 16.3. The van der Waals surface area contributed by atoms with E-state index in [4.69, 9.17) is 0 Å². The molecule has 1 aromatic carbocycles. The van der Waals surface area contributed by atoms with Gasteiger partial charge in [-0.05, 0) is 31.4 Å². The van der Waals surface area contributed by atoms with Crippen LogP contribution in [-0.4, -0.2) is 28.0 Å². The Hall–Kier alpha value is -1.68.